The Morgan fingerprint density at radius 3 is 2.82 bits per heavy atom. The van der Waals surface area contributed by atoms with Crippen LogP contribution in [0.2, 0.25) is 0 Å². The zero-order chi connectivity index (χ0) is 19.7. The molecule has 2 aromatic rings. The number of alkyl halides is 3. The lowest BCUT2D eigenvalue weighted by atomic mass is 10.1. The van der Waals surface area contributed by atoms with Crippen molar-refractivity contribution in [2.75, 3.05) is 29.9 Å². The molecule has 1 amide bonds. The topological polar surface area (TPSA) is 53.6 Å². The highest BCUT2D eigenvalue weighted by Crippen LogP contribution is 2.36. The minimum atomic E-state index is -4.42. The second kappa shape index (κ2) is 7.35. The predicted molar refractivity (Wildman–Crippen MR) is 99.5 cm³/mol. The van der Waals surface area contributed by atoms with E-state index in [9.17, 15) is 18.0 Å². The van der Waals surface area contributed by atoms with Gasteiger partial charge in [-0.3, -0.25) is 4.79 Å². The van der Waals surface area contributed by atoms with Crippen molar-refractivity contribution in [3.8, 4) is 5.75 Å². The van der Waals surface area contributed by atoms with E-state index in [0.29, 0.717) is 24.4 Å². The maximum absolute atomic E-state index is 13.2. The lowest BCUT2D eigenvalue weighted by molar-refractivity contribution is -0.138. The van der Waals surface area contributed by atoms with Crippen molar-refractivity contribution in [1.82, 2.24) is 5.32 Å². The zero-order valence-corrected chi connectivity index (χ0v) is 15.1. The Morgan fingerprint density at radius 1 is 1.18 bits per heavy atom. The van der Waals surface area contributed by atoms with E-state index >= 15 is 0 Å². The van der Waals surface area contributed by atoms with Crippen LogP contribution in [0.5, 0.6) is 5.75 Å². The van der Waals surface area contributed by atoms with Crippen LogP contribution in [-0.2, 0) is 17.6 Å². The summed E-state index contributed by atoms with van der Waals surface area (Å²) in [5.74, 6) is 0.411. The first kappa shape index (κ1) is 18.6. The van der Waals surface area contributed by atoms with Gasteiger partial charge >= 0.3 is 6.18 Å². The van der Waals surface area contributed by atoms with Gasteiger partial charge < -0.3 is 20.3 Å². The number of hydrogen-bond donors (Lipinski definition) is 2. The molecule has 0 saturated carbocycles. The van der Waals surface area contributed by atoms with Crippen molar-refractivity contribution in [3.05, 3.63) is 53.6 Å². The van der Waals surface area contributed by atoms with E-state index in [1.165, 1.54) is 12.1 Å². The molecule has 2 heterocycles. The first-order valence-corrected chi connectivity index (χ1v) is 9.11. The molecule has 2 aliphatic heterocycles. The molecule has 0 radical (unpaired) electrons. The third kappa shape index (κ3) is 3.77. The van der Waals surface area contributed by atoms with Crippen LogP contribution >= 0.6 is 0 Å². The molecule has 8 heteroatoms. The molecule has 0 spiro atoms. The third-order valence-electron chi connectivity index (χ3n) is 5.04. The van der Waals surface area contributed by atoms with Gasteiger partial charge in [-0.25, -0.2) is 0 Å². The largest absolute Gasteiger partial charge is 0.489 e. The first-order valence-electron chi connectivity index (χ1n) is 9.11. The van der Waals surface area contributed by atoms with Gasteiger partial charge in [0.1, 0.15) is 12.4 Å². The minimum Gasteiger partial charge on any atom is -0.489 e. The zero-order valence-electron chi connectivity index (χ0n) is 15.1. The van der Waals surface area contributed by atoms with Crippen LogP contribution in [0.25, 0.3) is 0 Å². The van der Waals surface area contributed by atoms with Gasteiger partial charge in [0.25, 0.3) is 0 Å². The molecule has 28 heavy (non-hydrogen) atoms. The summed E-state index contributed by atoms with van der Waals surface area (Å²) in [5.41, 5.74) is 0.911. The van der Waals surface area contributed by atoms with Crippen molar-refractivity contribution in [1.29, 1.82) is 0 Å². The van der Waals surface area contributed by atoms with Crippen LogP contribution in [-0.4, -0.2) is 31.6 Å². The van der Waals surface area contributed by atoms with Crippen molar-refractivity contribution in [3.63, 3.8) is 0 Å². The van der Waals surface area contributed by atoms with Gasteiger partial charge in [0.15, 0.2) is 0 Å². The fourth-order valence-corrected chi connectivity index (χ4v) is 3.70. The van der Waals surface area contributed by atoms with E-state index in [2.05, 4.69) is 15.5 Å². The van der Waals surface area contributed by atoms with E-state index in [-0.39, 0.29) is 24.1 Å². The number of anilines is 2. The average molecular weight is 391 g/mol. The molecule has 1 saturated heterocycles. The van der Waals surface area contributed by atoms with Gasteiger partial charge in [-0.2, -0.15) is 13.2 Å². The average Bonchev–Trinajstić information content (AvgIpc) is 2.81. The summed E-state index contributed by atoms with van der Waals surface area (Å²) < 4.78 is 45.2. The molecular weight excluding hydrogens is 371 g/mol. The Labute approximate surface area is 160 Å². The third-order valence-corrected chi connectivity index (χ3v) is 5.04. The number of nitrogens with one attached hydrogen (secondary N) is 2. The quantitative estimate of drug-likeness (QED) is 0.842. The standard InChI is InChI=1S/C20H20F3N3O2/c21-20(22,23)16-4-2-1-3-13(16)12-28-15-5-6-17-18(10-15)26-8-7-24-11-14(26)9-19(27)25-17/h1-6,10,14,24H,7-9,11-12H2,(H,25,27). The van der Waals surface area contributed by atoms with Crippen LogP contribution in [0.15, 0.2) is 42.5 Å². The molecule has 2 aromatic carbocycles. The maximum Gasteiger partial charge on any atom is 0.416 e. The summed E-state index contributed by atoms with van der Waals surface area (Å²) >= 11 is 0. The normalized spacial score (nSPS) is 19.3. The summed E-state index contributed by atoms with van der Waals surface area (Å²) in [6.45, 7) is 2.06. The second-order valence-corrected chi connectivity index (χ2v) is 6.93. The Morgan fingerprint density at radius 2 is 2.00 bits per heavy atom. The van der Waals surface area contributed by atoms with Crippen molar-refractivity contribution in [2.45, 2.75) is 25.2 Å². The fraction of sp³-hybridized carbons (Fsp3) is 0.350. The second-order valence-electron chi connectivity index (χ2n) is 6.93. The lowest BCUT2D eigenvalue weighted by Crippen LogP contribution is -2.51. The summed E-state index contributed by atoms with van der Waals surface area (Å²) in [4.78, 5) is 14.3. The van der Waals surface area contributed by atoms with Crippen molar-refractivity contribution < 1.29 is 22.7 Å². The molecule has 4 rings (SSSR count). The number of amides is 1. The van der Waals surface area contributed by atoms with Crippen molar-refractivity contribution >= 4 is 17.3 Å². The van der Waals surface area contributed by atoms with Crippen LogP contribution in [0.3, 0.4) is 0 Å². The highest BCUT2D eigenvalue weighted by molar-refractivity contribution is 5.97. The van der Waals surface area contributed by atoms with Gasteiger partial charge in [0.2, 0.25) is 5.91 Å². The number of carbonyl (C=O) groups is 1. The Bertz CT molecular complexity index is 885. The van der Waals surface area contributed by atoms with E-state index in [1.807, 2.05) is 0 Å². The van der Waals surface area contributed by atoms with Gasteiger partial charge in [-0.1, -0.05) is 18.2 Å². The van der Waals surface area contributed by atoms with E-state index in [0.717, 1.165) is 24.8 Å². The number of hydrogen-bond acceptors (Lipinski definition) is 4. The summed E-state index contributed by atoms with van der Waals surface area (Å²) in [6.07, 6.45) is -4.04. The SMILES string of the molecule is O=C1CC2CNCCN2c2cc(OCc3ccccc3C(F)(F)F)ccc2N1. The predicted octanol–water partition coefficient (Wildman–Crippen LogP) is 3.40. The summed E-state index contributed by atoms with van der Waals surface area (Å²) in [6, 6.07) is 10.6. The molecule has 2 N–H and O–H groups in total. The van der Waals surface area contributed by atoms with Crippen LogP contribution in [0.1, 0.15) is 17.5 Å². The number of ether oxygens (including phenoxy) is 1. The lowest BCUT2D eigenvalue weighted by Gasteiger charge is -2.36. The molecule has 0 aliphatic carbocycles. The number of rotatable bonds is 3. The molecule has 0 bridgehead atoms. The maximum atomic E-state index is 13.2. The van der Waals surface area contributed by atoms with Gasteiger partial charge in [-0.05, 0) is 18.2 Å². The fourth-order valence-electron chi connectivity index (χ4n) is 3.70. The number of benzene rings is 2. The molecule has 0 aromatic heterocycles. The minimum absolute atomic E-state index is 0.0382. The van der Waals surface area contributed by atoms with E-state index in [4.69, 9.17) is 4.74 Å². The molecule has 1 fully saturated rings. The molecule has 1 unspecified atom stereocenters. The van der Waals surface area contributed by atoms with Crippen LogP contribution in [0, 0.1) is 0 Å². The first-order chi connectivity index (χ1) is 13.4. The monoisotopic (exact) mass is 391 g/mol. The number of piperazine rings is 1. The summed E-state index contributed by atoms with van der Waals surface area (Å²) in [7, 11) is 0. The van der Waals surface area contributed by atoms with E-state index < -0.39 is 11.7 Å². The van der Waals surface area contributed by atoms with Gasteiger partial charge in [0.05, 0.1) is 23.0 Å². The smallest absolute Gasteiger partial charge is 0.416 e. The molecule has 1 atom stereocenters. The Balaban J connectivity index is 1.58. The number of carbonyl (C=O) groups excluding carboxylic acids is 1. The molecular formula is C20H20F3N3O2. The van der Waals surface area contributed by atoms with Gasteiger partial charge in [-0.15, -0.1) is 0 Å². The molecule has 2 aliphatic rings. The highest BCUT2D eigenvalue weighted by Gasteiger charge is 2.33. The molecule has 5 nitrogen and oxygen atoms in total. The summed E-state index contributed by atoms with van der Waals surface area (Å²) in [5, 5.41) is 6.18. The Kier molecular flexibility index (Phi) is 4.89. The number of halogens is 3. The number of fused-ring (bicyclic) bond motifs is 3. The van der Waals surface area contributed by atoms with Gasteiger partial charge in [0, 0.05) is 37.7 Å². The van der Waals surface area contributed by atoms with E-state index in [1.54, 1.807) is 24.3 Å². The molecule has 148 valence electrons. The van der Waals surface area contributed by atoms with Crippen LogP contribution in [0.4, 0.5) is 24.5 Å². The number of nitrogens with zero attached hydrogens (tertiary/aromatic N) is 1. The van der Waals surface area contributed by atoms with Crippen LogP contribution < -0.4 is 20.3 Å². The van der Waals surface area contributed by atoms with Crippen molar-refractivity contribution in [2.24, 2.45) is 0 Å². The highest BCUT2D eigenvalue weighted by atomic mass is 19.4. The Hall–Kier alpha value is -2.74.